The molecule has 2 amide bonds. The van der Waals surface area contributed by atoms with Crippen LogP contribution in [0.1, 0.15) is 70.5 Å². The second-order valence-corrected chi connectivity index (χ2v) is 11.7. The normalized spacial score (nSPS) is 16.7. The highest BCUT2D eigenvalue weighted by molar-refractivity contribution is 6.00. The monoisotopic (exact) mass is 595 g/mol. The number of rotatable bonds is 12. The van der Waals surface area contributed by atoms with Crippen molar-refractivity contribution in [2.24, 2.45) is 5.92 Å². The largest absolute Gasteiger partial charge is 0.416 e. The number of likely N-dealkylation sites (tertiary alicyclic amines) is 1. The number of halogens is 3. The van der Waals surface area contributed by atoms with Gasteiger partial charge in [0.15, 0.2) is 0 Å². The standard InChI is InChI=1S/C34H40F3N3O3/c1-23(2)17-29-15-8-16-40(29)33(43)27-13-7-12-26(20-27)32(42)39-30(19-24-9-4-3-5-10-24)31(41)22-38-21-25-11-6-14-28(18-25)34(35,36)37/h3-7,9-14,18,20,23,29-31,38,41H,8,15-17,19,21-22H2,1-2H3,(H,39,42)/t29?,30-,31-/m0/s1. The summed E-state index contributed by atoms with van der Waals surface area (Å²) < 4.78 is 39.2. The van der Waals surface area contributed by atoms with Crippen molar-refractivity contribution in [1.29, 1.82) is 0 Å². The average Bonchev–Trinajstić information content (AvgIpc) is 3.44. The smallest absolute Gasteiger partial charge is 0.390 e. The number of alkyl halides is 3. The van der Waals surface area contributed by atoms with Crippen molar-refractivity contribution in [3.05, 3.63) is 107 Å². The second-order valence-electron chi connectivity index (χ2n) is 11.7. The molecule has 3 N–H and O–H groups in total. The predicted molar refractivity (Wildman–Crippen MR) is 161 cm³/mol. The number of nitrogens with one attached hydrogen (secondary N) is 2. The van der Waals surface area contributed by atoms with Gasteiger partial charge in [-0.05, 0) is 67.0 Å². The third-order valence-electron chi connectivity index (χ3n) is 7.77. The summed E-state index contributed by atoms with van der Waals surface area (Å²) in [5.74, 6) is -0.0341. The number of carbonyl (C=O) groups is 2. The number of benzene rings is 3. The van der Waals surface area contributed by atoms with E-state index in [2.05, 4.69) is 24.5 Å². The number of hydrogen-bond donors (Lipinski definition) is 3. The Morgan fingerprint density at radius 3 is 2.37 bits per heavy atom. The van der Waals surface area contributed by atoms with Gasteiger partial charge in [0.1, 0.15) is 0 Å². The number of amides is 2. The fourth-order valence-electron chi connectivity index (χ4n) is 5.62. The van der Waals surface area contributed by atoms with Crippen LogP contribution >= 0.6 is 0 Å². The first-order valence-corrected chi connectivity index (χ1v) is 14.8. The van der Waals surface area contributed by atoms with E-state index in [1.165, 1.54) is 6.07 Å². The molecule has 3 aromatic rings. The Morgan fingerprint density at radius 1 is 0.953 bits per heavy atom. The van der Waals surface area contributed by atoms with Crippen molar-refractivity contribution < 1.29 is 27.9 Å². The fraction of sp³-hybridized carbons (Fsp3) is 0.412. The molecule has 3 atom stereocenters. The average molecular weight is 596 g/mol. The zero-order valence-corrected chi connectivity index (χ0v) is 24.6. The van der Waals surface area contributed by atoms with Crippen molar-refractivity contribution in [3.8, 4) is 0 Å². The Kier molecular flexibility index (Phi) is 11.0. The minimum Gasteiger partial charge on any atom is -0.390 e. The van der Waals surface area contributed by atoms with Crippen molar-refractivity contribution in [3.63, 3.8) is 0 Å². The van der Waals surface area contributed by atoms with Crippen LogP contribution in [-0.4, -0.2) is 53.1 Å². The molecule has 0 saturated carbocycles. The lowest BCUT2D eigenvalue weighted by Gasteiger charge is -2.27. The van der Waals surface area contributed by atoms with Crippen molar-refractivity contribution >= 4 is 11.8 Å². The van der Waals surface area contributed by atoms with Gasteiger partial charge < -0.3 is 20.6 Å². The summed E-state index contributed by atoms with van der Waals surface area (Å²) >= 11 is 0. The zero-order chi connectivity index (χ0) is 31.0. The first-order chi connectivity index (χ1) is 20.5. The quantitative estimate of drug-likeness (QED) is 0.246. The van der Waals surface area contributed by atoms with Gasteiger partial charge in [0, 0.05) is 36.8 Å². The summed E-state index contributed by atoms with van der Waals surface area (Å²) in [6.45, 7) is 5.15. The van der Waals surface area contributed by atoms with Crippen LogP contribution in [0.3, 0.4) is 0 Å². The molecule has 0 aromatic heterocycles. The number of nitrogens with zero attached hydrogens (tertiary/aromatic N) is 1. The molecule has 9 heteroatoms. The van der Waals surface area contributed by atoms with E-state index in [0.29, 0.717) is 35.6 Å². The Bertz CT molecular complexity index is 1360. The van der Waals surface area contributed by atoms with E-state index < -0.39 is 29.8 Å². The molecule has 0 bridgehead atoms. The lowest BCUT2D eigenvalue weighted by atomic mass is 9.99. The molecule has 4 rings (SSSR count). The second kappa shape index (κ2) is 14.7. The first kappa shape index (κ1) is 32.2. The lowest BCUT2D eigenvalue weighted by Crippen LogP contribution is -2.48. The minimum atomic E-state index is -4.44. The number of hydrogen-bond acceptors (Lipinski definition) is 4. The maximum absolute atomic E-state index is 13.4. The molecule has 0 spiro atoms. The Balaban J connectivity index is 1.44. The molecular weight excluding hydrogens is 555 g/mol. The molecule has 1 unspecified atom stereocenters. The Morgan fingerprint density at radius 2 is 1.65 bits per heavy atom. The lowest BCUT2D eigenvalue weighted by molar-refractivity contribution is -0.137. The van der Waals surface area contributed by atoms with Crippen LogP contribution in [0.5, 0.6) is 0 Å². The fourth-order valence-corrected chi connectivity index (χ4v) is 5.62. The van der Waals surface area contributed by atoms with E-state index >= 15 is 0 Å². The van der Waals surface area contributed by atoms with Gasteiger partial charge in [-0.3, -0.25) is 9.59 Å². The number of aliphatic hydroxyl groups excluding tert-OH is 1. The van der Waals surface area contributed by atoms with Crippen LogP contribution < -0.4 is 10.6 Å². The highest BCUT2D eigenvalue weighted by Gasteiger charge is 2.31. The molecule has 0 radical (unpaired) electrons. The zero-order valence-electron chi connectivity index (χ0n) is 24.6. The highest BCUT2D eigenvalue weighted by atomic mass is 19.4. The van der Waals surface area contributed by atoms with Crippen LogP contribution in [0.4, 0.5) is 13.2 Å². The van der Waals surface area contributed by atoms with Crippen LogP contribution in [-0.2, 0) is 19.1 Å². The highest BCUT2D eigenvalue weighted by Crippen LogP contribution is 2.29. The summed E-state index contributed by atoms with van der Waals surface area (Å²) in [5.41, 5.74) is 1.36. The molecule has 6 nitrogen and oxygen atoms in total. The maximum atomic E-state index is 13.4. The van der Waals surface area contributed by atoms with E-state index in [0.717, 1.165) is 37.0 Å². The van der Waals surface area contributed by atoms with Gasteiger partial charge in [0.05, 0.1) is 17.7 Å². The molecule has 1 aliphatic heterocycles. The number of carbonyl (C=O) groups excluding carboxylic acids is 2. The molecule has 1 aliphatic rings. The van der Waals surface area contributed by atoms with Crippen LogP contribution in [0.15, 0.2) is 78.9 Å². The third-order valence-corrected chi connectivity index (χ3v) is 7.77. The van der Waals surface area contributed by atoms with Crippen molar-refractivity contribution in [2.45, 2.75) is 70.4 Å². The van der Waals surface area contributed by atoms with Gasteiger partial charge in [-0.2, -0.15) is 13.2 Å². The summed E-state index contributed by atoms with van der Waals surface area (Å²) in [6.07, 6.45) is -2.27. The topological polar surface area (TPSA) is 81.7 Å². The van der Waals surface area contributed by atoms with Gasteiger partial charge in [0.2, 0.25) is 0 Å². The van der Waals surface area contributed by atoms with E-state index in [-0.39, 0.29) is 25.0 Å². The SMILES string of the molecule is CC(C)CC1CCCN1C(=O)c1cccc(C(=O)N[C@@H](Cc2ccccc2)[C@@H](O)CNCc2cccc(C(F)(F)F)c2)c1. The molecule has 43 heavy (non-hydrogen) atoms. The summed E-state index contributed by atoms with van der Waals surface area (Å²) in [6, 6.07) is 20.6. The van der Waals surface area contributed by atoms with E-state index in [1.807, 2.05) is 35.2 Å². The molecule has 1 fully saturated rings. The van der Waals surface area contributed by atoms with Crippen molar-refractivity contribution in [1.82, 2.24) is 15.5 Å². The summed E-state index contributed by atoms with van der Waals surface area (Å²) in [5, 5.41) is 17.0. The third kappa shape index (κ3) is 9.15. The summed E-state index contributed by atoms with van der Waals surface area (Å²) in [4.78, 5) is 28.7. The van der Waals surface area contributed by atoms with E-state index in [9.17, 15) is 27.9 Å². The predicted octanol–water partition coefficient (Wildman–Crippen LogP) is 5.85. The maximum Gasteiger partial charge on any atom is 0.416 e. The molecule has 1 heterocycles. The minimum absolute atomic E-state index is 0.0404. The van der Waals surface area contributed by atoms with E-state index in [1.54, 1.807) is 30.3 Å². The molecular formula is C34H40F3N3O3. The van der Waals surface area contributed by atoms with E-state index in [4.69, 9.17) is 0 Å². The molecule has 1 saturated heterocycles. The molecule has 3 aromatic carbocycles. The van der Waals surface area contributed by atoms with Crippen LogP contribution in [0.25, 0.3) is 0 Å². The number of aliphatic hydroxyl groups is 1. The van der Waals surface area contributed by atoms with Crippen LogP contribution in [0.2, 0.25) is 0 Å². The van der Waals surface area contributed by atoms with Crippen molar-refractivity contribution in [2.75, 3.05) is 13.1 Å². The molecule has 230 valence electrons. The Labute approximate surface area is 251 Å². The van der Waals surface area contributed by atoms with Gasteiger partial charge in [-0.1, -0.05) is 68.4 Å². The van der Waals surface area contributed by atoms with Crippen LogP contribution in [0, 0.1) is 5.92 Å². The van der Waals surface area contributed by atoms with Gasteiger partial charge in [0.25, 0.3) is 11.8 Å². The summed E-state index contributed by atoms with van der Waals surface area (Å²) in [7, 11) is 0. The van der Waals surface area contributed by atoms with Gasteiger partial charge >= 0.3 is 6.18 Å². The first-order valence-electron chi connectivity index (χ1n) is 14.8. The van der Waals surface area contributed by atoms with Gasteiger partial charge in [-0.25, -0.2) is 0 Å². The Hall–Kier alpha value is -3.69. The molecule has 0 aliphatic carbocycles. The van der Waals surface area contributed by atoms with Gasteiger partial charge in [-0.15, -0.1) is 0 Å².